The van der Waals surface area contributed by atoms with Crippen molar-refractivity contribution in [3.8, 4) is 0 Å². The highest BCUT2D eigenvalue weighted by Gasteiger charge is 2.06. The largest absolute Gasteiger partial charge is 0.372 e. The average Bonchev–Trinajstić information content (AvgIpc) is 2.56. The third-order valence-electron chi connectivity index (χ3n) is 4.68. The Morgan fingerprint density at radius 2 is 1.22 bits per heavy atom. The molecule has 0 radical (unpaired) electrons. The van der Waals surface area contributed by atoms with Gasteiger partial charge in [0.05, 0.1) is 0 Å². The van der Waals surface area contributed by atoms with E-state index in [-0.39, 0.29) is 0 Å². The summed E-state index contributed by atoms with van der Waals surface area (Å²) in [4.78, 5) is 2.62. The molecular formula is C22H39N. The van der Waals surface area contributed by atoms with Gasteiger partial charge in [0, 0.05) is 18.8 Å². The third-order valence-corrected chi connectivity index (χ3v) is 4.68. The summed E-state index contributed by atoms with van der Waals surface area (Å²) in [6, 6.07) is 9.04. The molecule has 0 unspecified atom stereocenters. The van der Waals surface area contributed by atoms with Crippen molar-refractivity contribution in [3.63, 3.8) is 0 Å². The standard InChI is InChI=1S/C22H39N/c1-4-6-8-10-12-14-19-23(18-13-11-9-7-5-2)22-17-15-16-21(3)20-22/h15-17,20H,4-14,18-19H2,1-3H3. The minimum atomic E-state index is 1.22. The summed E-state index contributed by atoms with van der Waals surface area (Å²) in [7, 11) is 0. The van der Waals surface area contributed by atoms with E-state index in [0.717, 1.165) is 0 Å². The minimum absolute atomic E-state index is 1.22. The van der Waals surface area contributed by atoms with Gasteiger partial charge in [0.25, 0.3) is 0 Å². The molecule has 0 bridgehead atoms. The van der Waals surface area contributed by atoms with Crippen molar-refractivity contribution in [2.45, 2.75) is 91.4 Å². The Bertz CT molecular complexity index is 385. The smallest absolute Gasteiger partial charge is 0.0368 e. The molecule has 1 rings (SSSR count). The van der Waals surface area contributed by atoms with E-state index >= 15 is 0 Å². The topological polar surface area (TPSA) is 3.24 Å². The number of nitrogens with zero attached hydrogens (tertiary/aromatic N) is 1. The number of hydrogen-bond acceptors (Lipinski definition) is 1. The molecule has 0 aliphatic heterocycles. The second-order valence-electron chi connectivity index (χ2n) is 7.01. The van der Waals surface area contributed by atoms with Gasteiger partial charge in [-0.1, -0.05) is 83.8 Å². The summed E-state index contributed by atoms with van der Waals surface area (Å²) in [5, 5.41) is 0. The van der Waals surface area contributed by atoms with E-state index in [0.29, 0.717) is 0 Å². The van der Waals surface area contributed by atoms with Gasteiger partial charge >= 0.3 is 0 Å². The van der Waals surface area contributed by atoms with E-state index in [9.17, 15) is 0 Å². The van der Waals surface area contributed by atoms with Gasteiger partial charge in [0.2, 0.25) is 0 Å². The molecule has 0 aromatic heterocycles. The molecule has 0 amide bonds. The van der Waals surface area contributed by atoms with E-state index in [4.69, 9.17) is 0 Å². The van der Waals surface area contributed by atoms with Crippen molar-refractivity contribution in [1.82, 2.24) is 0 Å². The molecule has 0 saturated carbocycles. The first-order valence-electron chi connectivity index (χ1n) is 10.1. The summed E-state index contributed by atoms with van der Waals surface area (Å²) in [6.07, 6.45) is 15.1. The first kappa shape index (κ1) is 20.1. The normalized spacial score (nSPS) is 10.9. The third kappa shape index (κ3) is 9.69. The van der Waals surface area contributed by atoms with E-state index in [1.54, 1.807) is 0 Å². The molecule has 0 heterocycles. The highest BCUT2D eigenvalue weighted by Crippen LogP contribution is 2.18. The van der Waals surface area contributed by atoms with Crippen LogP contribution in [0.1, 0.15) is 90.0 Å². The predicted octanol–water partition coefficient (Wildman–Crippen LogP) is 7.13. The summed E-state index contributed by atoms with van der Waals surface area (Å²) in [5.41, 5.74) is 2.80. The Labute approximate surface area is 145 Å². The summed E-state index contributed by atoms with van der Waals surface area (Å²) < 4.78 is 0. The van der Waals surface area contributed by atoms with Crippen LogP contribution >= 0.6 is 0 Å². The van der Waals surface area contributed by atoms with Gasteiger partial charge in [-0.2, -0.15) is 0 Å². The van der Waals surface area contributed by atoms with Gasteiger partial charge in [-0.15, -0.1) is 0 Å². The molecule has 0 aliphatic rings. The van der Waals surface area contributed by atoms with Crippen LogP contribution < -0.4 is 4.90 Å². The first-order valence-corrected chi connectivity index (χ1v) is 10.1. The molecule has 1 nitrogen and oxygen atoms in total. The van der Waals surface area contributed by atoms with E-state index in [1.165, 1.54) is 95.0 Å². The van der Waals surface area contributed by atoms with Crippen LogP contribution in [0, 0.1) is 6.92 Å². The SMILES string of the molecule is CCCCCCCCN(CCCCCCC)c1cccc(C)c1. The first-order chi connectivity index (χ1) is 11.3. The van der Waals surface area contributed by atoms with Gasteiger partial charge in [-0.05, 0) is 37.5 Å². The molecular weight excluding hydrogens is 278 g/mol. The summed E-state index contributed by atoms with van der Waals surface area (Å²) in [6.45, 7) is 9.23. The lowest BCUT2D eigenvalue weighted by Gasteiger charge is -2.25. The lowest BCUT2D eigenvalue weighted by molar-refractivity contribution is 0.580. The lowest BCUT2D eigenvalue weighted by Crippen LogP contribution is -2.25. The number of benzene rings is 1. The molecule has 0 saturated heterocycles. The number of rotatable bonds is 14. The fourth-order valence-electron chi connectivity index (χ4n) is 3.18. The highest BCUT2D eigenvalue weighted by atomic mass is 15.1. The van der Waals surface area contributed by atoms with Crippen molar-refractivity contribution in [2.75, 3.05) is 18.0 Å². The zero-order chi connectivity index (χ0) is 16.8. The van der Waals surface area contributed by atoms with Crippen LogP contribution in [-0.4, -0.2) is 13.1 Å². The van der Waals surface area contributed by atoms with Crippen LogP contribution in [-0.2, 0) is 0 Å². The molecule has 0 fully saturated rings. The molecule has 132 valence electrons. The highest BCUT2D eigenvalue weighted by molar-refractivity contribution is 5.48. The maximum atomic E-state index is 2.62. The van der Waals surface area contributed by atoms with Crippen molar-refractivity contribution in [3.05, 3.63) is 29.8 Å². The predicted molar refractivity (Wildman–Crippen MR) is 106 cm³/mol. The van der Waals surface area contributed by atoms with Crippen LogP contribution in [0.15, 0.2) is 24.3 Å². The molecule has 0 spiro atoms. The second kappa shape index (κ2) is 13.5. The molecule has 1 heteroatoms. The second-order valence-corrected chi connectivity index (χ2v) is 7.01. The van der Waals surface area contributed by atoms with Crippen LogP contribution in [0.3, 0.4) is 0 Å². The number of aryl methyl sites for hydroxylation is 1. The molecule has 0 N–H and O–H groups in total. The van der Waals surface area contributed by atoms with Gasteiger partial charge in [0.1, 0.15) is 0 Å². The quantitative estimate of drug-likeness (QED) is 0.330. The van der Waals surface area contributed by atoms with Gasteiger partial charge < -0.3 is 4.90 Å². The average molecular weight is 318 g/mol. The molecule has 1 aromatic carbocycles. The molecule has 0 atom stereocenters. The maximum Gasteiger partial charge on any atom is 0.0368 e. The summed E-state index contributed by atoms with van der Waals surface area (Å²) in [5.74, 6) is 0. The number of anilines is 1. The van der Waals surface area contributed by atoms with Crippen LogP contribution in [0.25, 0.3) is 0 Å². The van der Waals surface area contributed by atoms with Crippen LogP contribution in [0.5, 0.6) is 0 Å². The van der Waals surface area contributed by atoms with Gasteiger partial charge in [0.15, 0.2) is 0 Å². The number of unbranched alkanes of at least 4 members (excludes halogenated alkanes) is 9. The van der Waals surface area contributed by atoms with E-state index in [1.807, 2.05) is 0 Å². The Kier molecular flexibility index (Phi) is 11.7. The Morgan fingerprint density at radius 1 is 0.696 bits per heavy atom. The lowest BCUT2D eigenvalue weighted by atomic mass is 10.1. The zero-order valence-electron chi connectivity index (χ0n) is 15.9. The monoisotopic (exact) mass is 317 g/mol. The Balaban J connectivity index is 2.38. The Hall–Kier alpha value is -0.980. The van der Waals surface area contributed by atoms with E-state index < -0.39 is 0 Å². The summed E-state index contributed by atoms with van der Waals surface area (Å²) >= 11 is 0. The zero-order valence-corrected chi connectivity index (χ0v) is 15.9. The van der Waals surface area contributed by atoms with Crippen molar-refractivity contribution in [2.24, 2.45) is 0 Å². The van der Waals surface area contributed by atoms with Crippen LogP contribution in [0.4, 0.5) is 5.69 Å². The minimum Gasteiger partial charge on any atom is -0.372 e. The Morgan fingerprint density at radius 3 is 1.74 bits per heavy atom. The van der Waals surface area contributed by atoms with Crippen molar-refractivity contribution in [1.29, 1.82) is 0 Å². The maximum absolute atomic E-state index is 2.62. The molecule has 1 aromatic rings. The molecule has 0 aliphatic carbocycles. The van der Waals surface area contributed by atoms with Gasteiger partial charge in [-0.25, -0.2) is 0 Å². The molecule has 23 heavy (non-hydrogen) atoms. The van der Waals surface area contributed by atoms with Crippen molar-refractivity contribution < 1.29 is 0 Å². The van der Waals surface area contributed by atoms with Gasteiger partial charge in [-0.3, -0.25) is 0 Å². The van der Waals surface area contributed by atoms with Crippen molar-refractivity contribution >= 4 is 5.69 Å². The fraction of sp³-hybridized carbons (Fsp3) is 0.727. The van der Waals surface area contributed by atoms with Crippen LogP contribution in [0.2, 0.25) is 0 Å². The number of hydrogen-bond donors (Lipinski definition) is 0. The van der Waals surface area contributed by atoms with E-state index in [2.05, 4.69) is 49.9 Å². The fourth-order valence-corrected chi connectivity index (χ4v) is 3.18.